The molecule has 3 unspecified atom stereocenters. The third-order valence-electron chi connectivity index (χ3n) is 13.2. The van der Waals surface area contributed by atoms with E-state index in [-0.39, 0.29) is 19.1 Å². The van der Waals surface area contributed by atoms with Gasteiger partial charge >= 0.3 is 7.82 Å². The molecule has 0 fully saturated rings. The molecule has 3 atom stereocenters. The molecule has 0 radical (unpaired) electrons. The van der Waals surface area contributed by atoms with Crippen molar-refractivity contribution in [2.24, 2.45) is 0 Å². The molecule has 0 bridgehead atoms. The Morgan fingerprint density at radius 3 is 1.26 bits per heavy atom. The Balaban J connectivity index is 4.25. The normalized spacial score (nSPS) is 14.3. The molecule has 0 saturated carbocycles. The van der Waals surface area contributed by atoms with Crippen molar-refractivity contribution < 1.29 is 32.9 Å². The lowest BCUT2D eigenvalue weighted by atomic mass is 10.0. The van der Waals surface area contributed by atoms with Crippen molar-refractivity contribution in [1.82, 2.24) is 5.32 Å². The summed E-state index contributed by atoms with van der Waals surface area (Å²) >= 11 is 0. The number of phosphoric acid groups is 1. The van der Waals surface area contributed by atoms with Gasteiger partial charge < -0.3 is 19.8 Å². The first kappa shape index (κ1) is 68.2. The van der Waals surface area contributed by atoms with Crippen LogP contribution >= 0.6 is 7.82 Å². The zero-order chi connectivity index (χ0) is 51.3. The number of hydrogen-bond acceptors (Lipinski definition) is 5. The molecule has 0 aromatic carbocycles. The van der Waals surface area contributed by atoms with Crippen molar-refractivity contribution in [2.75, 3.05) is 40.9 Å². The van der Waals surface area contributed by atoms with Crippen LogP contribution in [0.25, 0.3) is 0 Å². The van der Waals surface area contributed by atoms with E-state index in [9.17, 15) is 19.4 Å². The van der Waals surface area contributed by atoms with Crippen LogP contribution in [0, 0.1) is 0 Å². The summed E-state index contributed by atoms with van der Waals surface area (Å²) in [6, 6.07) is -0.875. The van der Waals surface area contributed by atoms with Gasteiger partial charge in [0.25, 0.3) is 0 Å². The average molecular weight is 1000 g/mol. The summed E-state index contributed by atoms with van der Waals surface area (Å²) in [4.78, 5) is 23.3. The van der Waals surface area contributed by atoms with Gasteiger partial charge in [-0.25, -0.2) is 4.57 Å². The summed E-state index contributed by atoms with van der Waals surface area (Å²) in [6.45, 7) is 4.78. The number of hydrogen-bond donors (Lipinski definition) is 3. The number of likely N-dealkylation sites (N-methyl/N-ethyl adjacent to an activating group) is 1. The minimum atomic E-state index is -4.36. The topological polar surface area (TPSA) is 105 Å². The van der Waals surface area contributed by atoms with Gasteiger partial charge in [0.05, 0.1) is 39.9 Å². The minimum Gasteiger partial charge on any atom is -0.387 e. The van der Waals surface area contributed by atoms with Crippen molar-refractivity contribution in [2.45, 2.75) is 283 Å². The average Bonchev–Trinajstić information content (AvgIpc) is 3.32. The lowest BCUT2D eigenvalue weighted by Crippen LogP contribution is -2.45. The number of allylic oxidation sites excluding steroid dienone is 9. The molecule has 0 rings (SSSR count). The fourth-order valence-corrected chi connectivity index (χ4v) is 9.25. The van der Waals surface area contributed by atoms with E-state index in [4.69, 9.17) is 9.05 Å². The van der Waals surface area contributed by atoms with E-state index in [1.165, 1.54) is 199 Å². The Labute approximate surface area is 434 Å². The van der Waals surface area contributed by atoms with Gasteiger partial charge in [0.15, 0.2) is 0 Å². The van der Waals surface area contributed by atoms with Crippen molar-refractivity contribution in [3.63, 3.8) is 0 Å². The Kier molecular flexibility index (Phi) is 50.7. The third-order valence-corrected chi connectivity index (χ3v) is 14.2. The van der Waals surface area contributed by atoms with Crippen molar-refractivity contribution in [3.8, 4) is 0 Å². The second kappa shape index (κ2) is 52.1. The number of nitrogens with zero attached hydrogens (tertiary/aromatic N) is 1. The highest BCUT2D eigenvalue weighted by Gasteiger charge is 2.27. The standard InChI is InChI=1S/C61H115N2O6P/c1-6-8-10-12-14-16-18-20-22-24-26-27-28-29-30-31-32-33-34-35-37-38-40-42-44-46-48-50-52-54-60(64)59(58-69-70(66,67)68-57-56-63(3,4)5)62-61(65)55-53-51-49-47-45-43-41-39-36-25-23-21-19-17-15-13-11-9-7-2/h15,17,21,23,37-38,44,46,52,54,59-60,64H,6-14,16,18-20,22,24-36,39-43,45,47-51,53,55-58H2,1-5H3,(H-,62,65,66,67)/p+1/b17-15-,23-21-,38-37+,46-44+,54-52+. The lowest BCUT2D eigenvalue weighted by molar-refractivity contribution is -0.870. The first-order valence-electron chi connectivity index (χ1n) is 29.7. The fourth-order valence-electron chi connectivity index (χ4n) is 8.52. The zero-order valence-corrected chi connectivity index (χ0v) is 47.7. The molecule has 0 aromatic heterocycles. The van der Waals surface area contributed by atoms with Gasteiger partial charge in [0.1, 0.15) is 13.2 Å². The van der Waals surface area contributed by atoms with Crippen LogP contribution in [0.4, 0.5) is 0 Å². The van der Waals surface area contributed by atoms with Crippen LogP contribution in [0.5, 0.6) is 0 Å². The summed E-state index contributed by atoms with van der Waals surface area (Å²) in [5, 5.41) is 13.9. The van der Waals surface area contributed by atoms with Crippen molar-refractivity contribution in [3.05, 3.63) is 60.8 Å². The summed E-state index contributed by atoms with van der Waals surface area (Å²) in [5.41, 5.74) is 0. The van der Waals surface area contributed by atoms with E-state index in [2.05, 4.69) is 67.8 Å². The molecule has 0 aromatic rings. The SMILES string of the molecule is CCCCC/C=C\C/C=C\CCCCCCCCCCCC(=O)NC(COP(=O)(O)OCC[N+](C)(C)C)C(O)/C=C/CC/C=C/CC/C=C/CCCCCCCCCCCCCCCCCCCCC. The van der Waals surface area contributed by atoms with Crippen LogP contribution in [-0.2, 0) is 18.4 Å². The van der Waals surface area contributed by atoms with Gasteiger partial charge in [0, 0.05) is 6.42 Å². The second-order valence-electron chi connectivity index (χ2n) is 21.3. The summed E-state index contributed by atoms with van der Waals surface area (Å²) in [7, 11) is 1.54. The molecule has 70 heavy (non-hydrogen) atoms. The maximum atomic E-state index is 13.0. The summed E-state index contributed by atoms with van der Waals surface area (Å²) in [5.74, 6) is -0.195. The van der Waals surface area contributed by atoms with Gasteiger partial charge in [0.2, 0.25) is 5.91 Å². The highest BCUT2D eigenvalue weighted by Crippen LogP contribution is 2.43. The smallest absolute Gasteiger partial charge is 0.387 e. The van der Waals surface area contributed by atoms with E-state index in [0.29, 0.717) is 17.4 Å². The highest BCUT2D eigenvalue weighted by atomic mass is 31.2. The van der Waals surface area contributed by atoms with E-state index in [0.717, 1.165) is 51.4 Å². The fraction of sp³-hybridized carbons (Fsp3) is 0.820. The van der Waals surface area contributed by atoms with Crippen LogP contribution in [0.1, 0.15) is 271 Å². The number of phosphoric ester groups is 1. The number of carbonyl (C=O) groups excluding carboxylic acids is 1. The largest absolute Gasteiger partial charge is 0.472 e. The number of nitrogens with one attached hydrogen (secondary N) is 1. The van der Waals surface area contributed by atoms with Gasteiger partial charge in [-0.2, -0.15) is 0 Å². The third kappa shape index (κ3) is 54.0. The first-order chi connectivity index (χ1) is 34.0. The molecule has 1 amide bonds. The van der Waals surface area contributed by atoms with Crippen LogP contribution in [0.3, 0.4) is 0 Å². The number of rotatable bonds is 54. The molecule has 0 heterocycles. The van der Waals surface area contributed by atoms with Crippen LogP contribution in [-0.4, -0.2) is 73.4 Å². The molecule has 0 aliphatic rings. The maximum Gasteiger partial charge on any atom is 0.472 e. The quantitative estimate of drug-likeness (QED) is 0.0243. The summed E-state index contributed by atoms with van der Waals surface area (Å²) in [6.07, 6.45) is 70.5. The zero-order valence-electron chi connectivity index (χ0n) is 46.8. The molecule has 410 valence electrons. The number of amides is 1. The maximum absolute atomic E-state index is 13.0. The Morgan fingerprint density at radius 1 is 0.486 bits per heavy atom. The minimum absolute atomic E-state index is 0.0510. The van der Waals surface area contributed by atoms with Gasteiger partial charge in [-0.15, -0.1) is 0 Å². The Morgan fingerprint density at radius 2 is 0.829 bits per heavy atom. The molecule has 0 aliphatic heterocycles. The molecule has 0 aliphatic carbocycles. The molecule has 3 N–H and O–H groups in total. The van der Waals surface area contributed by atoms with Crippen molar-refractivity contribution in [1.29, 1.82) is 0 Å². The number of carbonyl (C=O) groups is 1. The molecule has 8 nitrogen and oxygen atoms in total. The number of unbranched alkanes of at least 4 members (excludes halogenated alkanes) is 33. The van der Waals surface area contributed by atoms with Gasteiger partial charge in [-0.1, -0.05) is 248 Å². The van der Waals surface area contributed by atoms with E-state index in [1.807, 2.05) is 27.2 Å². The van der Waals surface area contributed by atoms with E-state index < -0.39 is 20.0 Å². The molecular formula is C61H116N2O6P+. The number of aliphatic hydroxyl groups excluding tert-OH is 1. The van der Waals surface area contributed by atoms with Crippen molar-refractivity contribution >= 4 is 13.7 Å². The Hall–Kier alpha value is -1.80. The number of quaternary nitrogens is 1. The molecular weight excluding hydrogens is 888 g/mol. The van der Waals surface area contributed by atoms with Gasteiger partial charge in [-0.3, -0.25) is 13.8 Å². The van der Waals surface area contributed by atoms with E-state index >= 15 is 0 Å². The van der Waals surface area contributed by atoms with Crippen LogP contribution in [0.2, 0.25) is 0 Å². The summed E-state index contributed by atoms with van der Waals surface area (Å²) < 4.78 is 23.7. The lowest BCUT2D eigenvalue weighted by Gasteiger charge is -2.25. The van der Waals surface area contributed by atoms with Crippen LogP contribution < -0.4 is 5.32 Å². The van der Waals surface area contributed by atoms with Gasteiger partial charge in [-0.05, 0) is 77.0 Å². The number of aliphatic hydroxyl groups is 1. The molecule has 0 spiro atoms. The second-order valence-corrected chi connectivity index (χ2v) is 22.8. The molecule has 0 saturated heterocycles. The van der Waals surface area contributed by atoms with E-state index in [1.54, 1.807) is 6.08 Å². The predicted molar refractivity (Wildman–Crippen MR) is 304 cm³/mol. The van der Waals surface area contributed by atoms with Crippen LogP contribution in [0.15, 0.2) is 60.8 Å². The highest BCUT2D eigenvalue weighted by molar-refractivity contribution is 7.47. The predicted octanol–water partition coefficient (Wildman–Crippen LogP) is 18.1. The Bertz CT molecular complexity index is 1320. The first-order valence-corrected chi connectivity index (χ1v) is 31.2. The molecule has 9 heteroatoms. The monoisotopic (exact) mass is 1000 g/mol.